The third-order valence-corrected chi connectivity index (χ3v) is 7.56. The van der Waals surface area contributed by atoms with E-state index in [9.17, 15) is 9.59 Å². The average Bonchev–Trinajstić information content (AvgIpc) is 2.92. The van der Waals surface area contributed by atoms with Crippen molar-refractivity contribution in [1.29, 1.82) is 0 Å². The molecule has 0 saturated carbocycles. The second-order valence-electron chi connectivity index (χ2n) is 11.4. The molecule has 0 bridgehead atoms. The number of halogens is 2. The molecule has 0 aromatic heterocycles. The number of quaternary nitrogens is 1. The monoisotopic (exact) mass is 582 g/mol. The fourth-order valence-corrected chi connectivity index (χ4v) is 4.89. The highest BCUT2D eigenvalue weighted by Gasteiger charge is 2.14. The first kappa shape index (κ1) is 31.7. The maximum Gasteiger partial charge on any atom is 0.255 e. The van der Waals surface area contributed by atoms with Crippen molar-refractivity contribution in [2.75, 3.05) is 38.3 Å². The molecule has 2 N–H and O–H groups in total. The van der Waals surface area contributed by atoms with Gasteiger partial charge in [-0.15, -0.1) is 0 Å². The van der Waals surface area contributed by atoms with Gasteiger partial charge in [-0.25, -0.2) is 0 Å². The van der Waals surface area contributed by atoms with Crippen LogP contribution in [0.25, 0.3) is 0 Å². The molecule has 0 aliphatic carbocycles. The molecule has 7 heteroatoms. The van der Waals surface area contributed by atoms with E-state index in [1.165, 1.54) is 44.2 Å². The van der Waals surface area contributed by atoms with Crippen molar-refractivity contribution in [2.45, 2.75) is 58.3 Å². The van der Waals surface area contributed by atoms with Crippen molar-refractivity contribution in [3.63, 3.8) is 0 Å². The quantitative estimate of drug-likeness (QED) is 0.147. The molecule has 0 heterocycles. The zero-order valence-electron chi connectivity index (χ0n) is 24.2. The Hall–Kier alpha value is -2.86. The molecule has 3 rings (SSSR count). The molecule has 40 heavy (non-hydrogen) atoms. The molecule has 0 fully saturated rings. The van der Waals surface area contributed by atoms with E-state index in [2.05, 4.69) is 38.7 Å². The van der Waals surface area contributed by atoms with Crippen LogP contribution >= 0.6 is 23.2 Å². The van der Waals surface area contributed by atoms with Crippen LogP contribution < -0.4 is 10.6 Å². The van der Waals surface area contributed by atoms with Crippen LogP contribution in [-0.4, -0.2) is 44.0 Å². The molecule has 0 radical (unpaired) electrons. The number of nitrogens with one attached hydrogen (secondary N) is 2. The standard InChI is InChI=1S/C33H41Cl2N3O2/c1-5-24-13-17-26(18-14-24)32(39)36-30-22-29(35)31(23-28(30)34)37-33(40)27-19-15-25(16-20-27)12-10-8-6-7-9-11-21-38(2,3)4/h13-20,22-23H,5-12,21H2,1-4H3,(H-,36,37,39,40)/p+1. The third-order valence-electron chi connectivity index (χ3n) is 6.94. The van der Waals surface area contributed by atoms with Crippen LogP contribution in [0.3, 0.4) is 0 Å². The number of amides is 2. The number of anilines is 2. The van der Waals surface area contributed by atoms with Gasteiger partial charge in [0.15, 0.2) is 0 Å². The van der Waals surface area contributed by atoms with Crippen LogP contribution in [0.15, 0.2) is 60.7 Å². The number of nitrogens with zero attached hydrogens (tertiary/aromatic N) is 1. The van der Waals surface area contributed by atoms with Gasteiger partial charge < -0.3 is 15.1 Å². The van der Waals surface area contributed by atoms with Gasteiger partial charge >= 0.3 is 0 Å². The lowest BCUT2D eigenvalue weighted by Gasteiger charge is -2.23. The van der Waals surface area contributed by atoms with Gasteiger partial charge in [0.2, 0.25) is 0 Å². The van der Waals surface area contributed by atoms with Crippen molar-refractivity contribution >= 4 is 46.4 Å². The number of benzene rings is 3. The van der Waals surface area contributed by atoms with Gasteiger partial charge in [0.1, 0.15) is 0 Å². The molecule has 0 aliphatic heterocycles. The first-order valence-electron chi connectivity index (χ1n) is 14.2. The summed E-state index contributed by atoms with van der Waals surface area (Å²) in [5.41, 5.74) is 4.21. The van der Waals surface area contributed by atoms with E-state index in [1.807, 2.05) is 36.4 Å². The summed E-state index contributed by atoms with van der Waals surface area (Å²) in [5.74, 6) is -0.556. The predicted octanol–water partition coefficient (Wildman–Crippen LogP) is 8.65. The normalized spacial score (nSPS) is 11.3. The van der Waals surface area contributed by atoms with Crippen LogP contribution in [0, 0.1) is 0 Å². The highest BCUT2D eigenvalue weighted by atomic mass is 35.5. The lowest BCUT2D eigenvalue weighted by atomic mass is 10.0. The summed E-state index contributed by atoms with van der Waals surface area (Å²) in [7, 11) is 6.73. The minimum Gasteiger partial charge on any atom is -0.331 e. The van der Waals surface area contributed by atoms with Gasteiger partial charge in [0.25, 0.3) is 11.8 Å². The fraction of sp³-hybridized carbons (Fsp3) is 0.394. The minimum absolute atomic E-state index is 0.272. The van der Waals surface area contributed by atoms with E-state index >= 15 is 0 Å². The van der Waals surface area contributed by atoms with Crippen LogP contribution in [0.5, 0.6) is 0 Å². The summed E-state index contributed by atoms with van der Waals surface area (Å²) in [6, 6.07) is 18.2. The highest BCUT2D eigenvalue weighted by Crippen LogP contribution is 2.33. The SMILES string of the molecule is CCc1ccc(C(=O)Nc2cc(Cl)c(NC(=O)c3ccc(CCCCCCCC[N+](C)(C)C)cc3)cc2Cl)cc1. The van der Waals surface area contributed by atoms with Gasteiger partial charge in [-0.3, -0.25) is 9.59 Å². The number of hydrogen-bond acceptors (Lipinski definition) is 2. The smallest absolute Gasteiger partial charge is 0.255 e. The molecule has 0 unspecified atom stereocenters. The first-order valence-corrected chi connectivity index (χ1v) is 14.9. The molecule has 5 nitrogen and oxygen atoms in total. The Morgan fingerprint density at radius 1 is 0.650 bits per heavy atom. The topological polar surface area (TPSA) is 58.2 Å². The van der Waals surface area contributed by atoms with Crippen molar-refractivity contribution in [3.05, 3.63) is 93.0 Å². The van der Waals surface area contributed by atoms with E-state index in [1.54, 1.807) is 24.3 Å². The Kier molecular flexibility index (Phi) is 12.1. The van der Waals surface area contributed by atoms with E-state index in [4.69, 9.17) is 23.2 Å². The Labute approximate surface area is 249 Å². The van der Waals surface area contributed by atoms with Crippen LogP contribution in [0.2, 0.25) is 10.0 Å². The van der Waals surface area contributed by atoms with Crippen molar-refractivity contribution in [2.24, 2.45) is 0 Å². The maximum atomic E-state index is 12.9. The van der Waals surface area contributed by atoms with E-state index in [0.29, 0.717) is 22.5 Å². The fourth-order valence-electron chi connectivity index (χ4n) is 4.46. The Morgan fingerprint density at radius 3 is 1.52 bits per heavy atom. The van der Waals surface area contributed by atoms with Gasteiger partial charge in [-0.05, 0) is 79.6 Å². The molecular weight excluding hydrogens is 541 g/mol. The Morgan fingerprint density at radius 2 is 1.07 bits per heavy atom. The second-order valence-corrected chi connectivity index (χ2v) is 12.2. The molecule has 214 valence electrons. The number of carbonyl (C=O) groups excluding carboxylic acids is 2. The molecule has 2 amide bonds. The Bertz CT molecular complexity index is 1270. The van der Waals surface area contributed by atoms with E-state index in [0.717, 1.165) is 29.3 Å². The first-order chi connectivity index (χ1) is 19.1. The molecule has 0 spiro atoms. The summed E-state index contributed by atoms with van der Waals surface area (Å²) in [6.45, 7) is 3.29. The lowest BCUT2D eigenvalue weighted by Crippen LogP contribution is -2.35. The van der Waals surface area contributed by atoms with E-state index < -0.39 is 0 Å². The third kappa shape index (κ3) is 10.3. The van der Waals surface area contributed by atoms with E-state index in [-0.39, 0.29) is 21.9 Å². The summed E-state index contributed by atoms with van der Waals surface area (Å²) < 4.78 is 1.04. The number of unbranched alkanes of at least 4 members (excludes halogenated alkanes) is 5. The van der Waals surface area contributed by atoms with Gasteiger partial charge in [-0.1, -0.05) is 73.7 Å². The zero-order chi connectivity index (χ0) is 29.1. The summed E-state index contributed by atoms with van der Waals surface area (Å²) >= 11 is 12.9. The molecule has 0 atom stereocenters. The number of rotatable bonds is 14. The predicted molar refractivity (Wildman–Crippen MR) is 169 cm³/mol. The summed E-state index contributed by atoms with van der Waals surface area (Å²) in [6.07, 6.45) is 9.46. The van der Waals surface area contributed by atoms with Crippen molar-refractivity contribution in [3.8, 4) is 0 Å². The van der Waals surface area contributed by atoms with Gasteiger partial charge in [-0.2, -0.15) is 0 Å². The maximum absolute atomic E-state index is 12.9. The average molecular weight is 584 g/mol. The molecule has 3 aromatic rings. The number of carbonyl (C=O) groups is 2. The lowest BCUT2D eigenvalue weighted by molar-refractivity contribution is -0.870. The molecular formula is C33H42Cl2N3O2+. The molecule has 0 saturated heterocycles. The van der Waals surface area contributed by atoms with Gasteiger partial charge in [0, 0.05) is 11.1 Å². The highest BCUT2D eigenvalue weighted by molar-refractivity contribution is 6.38. The van der Waals surface area contributed by atoms with Crippen LogP contribution in [0.1, 0.15) is 77.3 Å². The van der Waals surface area contributed by atoms with Crippen LogP contribution in [0.4, 0.5) is 11.4 Å². The number of aryl methyl sites for hydroxylation is 2. The van der Waals surface area contributed by atoms with Crippen LogP contribution in [-0.2, 0) is 12.8 Å². The molecule has 0 aliphatic rings. The Balaban J connectivity index is 1.47. The summed E-state index contributed by atoms with van der Waals surface area (Å²) in [4.78, 5) is 25.5. The minimum atomic E-state index is -0.284. The molecule has 3 aromatic carbocycles. The second kappa shape index (κ2) is 15.2. The largest absolute Gasteiger partial charge is 0.331 e. The number of hydrogen-bond donors (Lipinski definition) is 2. The zero-order valence-corrected chi connectivity index (χ0v) is 25.7. The van der Waals surface area contributed by atoms with Crippen molar-refractivity contribution < 1.29 is 14.1 Å². The summed E-state index contributed by atoms with van der Waals surface area (Å²) in [5, 5.41) is 6.18. The van der Waals surface area contributed by atoms with Crippen molar-refractivity contribution in [1.82, 2.24) is 0 Å². The van der Waals surface area contributed by atoms with Gasteiger partial charge in [0.05, 0.1) is 49.1 Å².